The summed E-state index contributed by atoms with van der Waals surface area (Å²) in [4.78, 5) is -0.277. The zero-order chi connectivity index (χ0) is 14.9. The standard InChI is InChI=1S/C12H9BrClFN2O2S/c13-7-4-5-9(15)11(6-7)17-20(18,19)12-8(14)2-1-3-10(12)16/h1-6,17H,16H2. The Morgan fingerprint density at radius 1 is 1.25 bits per heavy atom. The Morgan fingerprint density at radius 3 is 2.60 bits per heavy atom. The SMILES string of the molecule is Nc1cccc(Cl)c1S(=O)(=O)Nc1cc(Br)ccc1F. The molecule has 0 fully saturated rings. The number of rotatable bonds is 3. The second-order valence-corrected chi connectivity index (χ2v) is 6.83. The monoisotopic (exact) mass is 378 g/mol. The van der Waals surface area contributed by atoms with Crippen molar-refractivity contribution in [3.05, 3.63) is 51.7 Å². The fraction of sp³-hybridized carbons (Fsp3) is 0. The van der Waals surface area contributed by atoms with Crippen molar-refractivity contribution in [1.29, 1.82) is 0 Å². The van der Waals surface area contributed by atoms with Crippen molar-refractivity contribution in [1.82, 2.24) is 0 Å². The van der Waals surface area contributed by atoms with Crippen molar-refractivity contribution >= 4 is 48.9 Å². The minimum absolute atomic E-state index is 0.0135. The van der Waals surface area contributed by atoms with Gasteiger partial charge in [0.05, 0.1) is 16.4 Å². The zero-order valence-electron chi connectivity index (χ0n) is 9.90. The van der Waals surface area contributed by atoms with Gasteiger partial charge >= 0.3 is 0 Å². The van der Waals surface area contributed by atoms with Crippen LogP contribution >= 0.6 is 27.5 Å². The molecule has 8 heteroatoms. The number of hydrogen-bond acceptors (Lipinski definition) is 3. The van der Waals surface area contributed by atoms with Gasteiger partial charge in [-0.2, -0.15) is 0 Å². The van der Waals surface area contributed by atoms with Crippen LogP contribution in [0.25, 0.3) is 0 Å². The predicted molar refractivity (Wildman–Crippen MR) is 80.8 cm³/mol. The maximum absolute atomic E-state index is 13.6. The van der Waals surface area contributed by atoms with E-state index in [1.165, 1.54) is 30.3 Å². The van der Waals surface area contributed by atoms with E-state index in [9.17, 15) is 12.8 Å². The van der Waals surface area contributed by atoms with Gasteiger partial charge in [-0.1, -0.05) is 33.6 Å². The van der Waals surface area contributed by atoms with Crippen molar-refractivity contribution in [3.63, 3.8) is 0 Å². The minimum atomic E-state index is -4.08. The number of halogens is 3. The van der Waals surface area contributed by atoms with Gasteiger partial charge in [0.1, 0.15) is 10.7 Å². The number of nitrogens with one attached hydrogen (secondary N) is 1. The minimum Gasteiger partial charge on any atom is -0.398 e. The van der Waals surface area contributed by atoms with E-state index >= 15 is 0 Å². The molecule has 2 rings (SSSR count). The van der Waals surface area contributed by atoms with E-state index < -0.39 is 15.8 Å². The first-order chi connectivity index (χ1) is 9.31. The molecule has 0 aromatic heterocycles. The van der Waals surface area contributed by atoms with Gasteiger partial charge in [0.2, 0.25) is 0 Å². The highest BCUT2D eigenvalue weighted by atomic mass is 79.9. The summed E-state index contributed by atoms with van der Waals surface area (Å²) in [6.07, 6.45) is 0. The normalized spacial score (nSPS) is 11.3. The third-order valence-electron chi connectivity index (χ3n) is 2.44. The molecule has 0 aliphatic heterocycles. The Bertz CT molecular complexity index is 748. The summed E-state index contributed by atoms with van der Waals surface area (Å²) < 4.78 is 40.8. The zero-order valence-corrected chi connectivity index (χ0v) is 13.1. The summed E-state index contributed by atoms with van der Waals surface area (Å²) in [5.74, 6) is -0.706. The maximum Gasteiger partial charge on any atom is 0.265 e. The van der Waals surface area contributed by atoms with Crippen LogP contribution in [0.5, 0.6) is 0 Å². The van der Waals surface area contributed by atoms with E-state index in [0.717, 1.165) is 6.07 Å². The third-order valence-corrected chi connectivity index (χ3v) is 4.84. The lowest BCUT2D eigenvalue weighted by atomic mass is 10.3. The second-order valence-electron chi connectivity index (χ2n) is 3.89. The Balaban J connectivity index is 2.49. The molecule has 0 saturated carbocycles. The van der Waals surface area contributed by atoms with Crippen LogP contribution in [0.3, 0.4) is 0 Å². The van der Waals surface area contributed by atoms with Crippen molar-refractivity contribution in [2.75, 3.05) is 10.5 Å². The molecule has 0 heterocycles. The van der Waals surface area contributed by atoms with Crippen LogP contribution in [-0.2, 0) is 10.0 Å². The second kappa shape index (κ2) is 5.59. The van der Waals surface area contributed by atoms with E-state index in [2.05, 4.69) is 20.7 Å². The van der Waals surface area contributed by atoms with E-state index in [1.54, 1.807) is 0 Å². The van der Waals surface area contributed by atoms with Crippen LogP contribution in [-0.4, -0.2) is 8.42 Å². The smallest absolute Gasteiger partial charge is 0.265 e. The van der Waals surface area contributed by atoms with Gasteiger partial charge in [0.15, 0.2) is 0 Å². The van der Waals surface area contributed by atoms with Gasteiger partial charge in [-0.15, -0.1) is 0 Å². The largest absolute Gasteiger partial charge is 0.398 e. The number of hydrogen-bond donors (Lipinski definition) is 2. The van der Waals surface area contributed by atoms with Gasteiger partial charge in [-0.25, -0.2) is 12.8 Å². The highest BCUT2D eigenvalue weighted by molar-refractivity contribution is 9.10. The van der Waals surface area contributed by atoms with Crippen molar-refractivity contribution in [2.45, 2.75) is 4.90 Å². The third kappa shape index (κ3) is 3.05. The molecule has 0 saturated heterocycles. The first kappa shape index (κ1) is 15.1. The fourth-order valence-electron chi connectivity index (χ4n) is 1.58. The topological polar surface area (TPSA) is 72.2 Å². The van der Waals surface area contributed by atoms with Gasteiger partial charge < -0.3 is 5.73 Å². The number of nitrogen functional groups attached to an aromatic ring is 1. The molecule has 0 spiro atoms. The molecule has 2 aromatic carbocycles. The maximum atomic E-state index is 13.6. The van der Waals surface area contributed by atoms with Crippen molar-refractivity contribution in [2.24, 2.45) is 0 Å². The first-order valence-electron chi connectivity index (χ1n) is 5.33. The molecular formula is C12H9BrClFN2O2S. The number of anilines is 2. The Kier molecular flexibility index (Phi) is 4.22. The molecule has 0 aliphatic rings. The molecule has 20 heavy (non-hydrogen) atoms. The molecule has 0 radical (unpaired) electrons. The summed E-state index contributed by atoms with van der Waals surface area (Å²) >= 11 is 8.99. The molecule has 0 unspecified atom stereocenters. The highest BCUT2D eigenvalue weighted by Gasteiger charge is 2.22. The van der Waals surface area contributed by atoms with Crippen LogP contribution in [0.2, 0.25) is 5.02 Å². The van der Waals surface area contributed by atoms with Crippen molar-refractivity contribution < 1.29 is 12.8 Å². The van der Waals surface area contributed by atoms with Crippen LogP contribution in [0, 0.1) is 5.82 Å². The Labute approximate surface area is 128 Å². The highest BCUT2D eigenvalue weighted by Crippen LogP contribution is 2.30. The Hall–Kier alpha value is -1.31. The van der Waals surface area contributed by atoms with E-state index in [0.29, 0.717) is 4.47 Å². The van der Waals surface area contributed by atoms with Crippen LogP contribution in [0.15, 0.2) is 45.8 Å². The molecular weight excluding hydrogens is 371 g/mol. The molecule has 106 valence electrons. The summed E-state index contributed by atoms with van der Waals surface area (Å²) in [6, 6.07) is 8.21. The molecule has 0 atom stereocenters. The molecule has 4 nitrogen and oxygen atoms in total. The fourth-order valence-corrected chi connectivity index (χ4v) is 3.68. The average Bonchev–Trinajstić information content (AvgIpc) is 2.33. The van der Waals surface area contributed by atoms with Crippen molar-refractivity contribution in [3.8, 4) is 0 Å². The van der Waals surface area contributed by atoms with E-state index in [1.807, 2.05) is 0 Å². The van der Waals surface area contributed by atoms with Crippen LogP contribution < -0.4 is 10.5 Å². The van der Waals surface area contributed by atoms with Gasteiger partial charge in [0, 0.05) is 4.47 Å². The summed E-state index contributed by atoms with van der Waals surface area (Å²) in [5, 5.41) is -0.0343. The average molecular weight is 380 g/mol. The molecule has 0 amide bonds. The summed E-state index contributed by atoms with van der Waals surface area (Å²) in [5.41, 5.74) is 5.41. The molecule has 2 aromatic rings. The van der Waals surface area contributed by atoms with E-state index in [4.69, 9.17) is 17.3 Å². The number of nitrogens with two attached hydrogens (primary N) is 1. The molecule has 0 aliphatic carbocycles. The number of benzene rings is 2. The Morgan fingerprint density at radius 2 is 1.95 bits per heavy atom. The van der Waals surface area contributed by atoms with Crippen LogP contribution in [0.4, 0.5) is 15.8 Å². The van der Waals surface area contributed by atoms with Gasteiger partial charge in [-0.3, -0.25) is 4.72 Å². The first-order valence-corrected chi connectivity index (χ1v) is 7.98. The van der Waals surface area contributed by atoms with E-state index in [-0.39, 0.29) is 21.3 Å². The molecule has 3 N–H and O–H groups in total. The lowest BCUT2D eigenvalue weighted by Gasteiger charge is -2.12. The van der Waals surface area contributed by atoms with Gasteiger partial charge in [-0.05, 0) is 30.3 Å². The van der Waals surface area contributed by atoms with Gasteiger partial charge in [0.25, 0.3) is 10.0 Å². The predicted octanol–water partition coefficient (Wildman–Crippen LogP) is 3.62. The quantitative estimate of drug-likeness (QED) is 0.800. The lowest BCUT2D eigenvalue weighted by Crippen LogP contribution is -2.16. The summed E-state index contributed by atoms with van der Waals surface area (Å²) in [6.45, 7) is 0. The number of sulfonamides is 1. The molecule has 0 bridgehead atoms. The lowest BCUT2D eigenvalue weighted by molar-refractivity contribution is 0.599. The summed E-state index contributed by atoms with van der Waals surface area (Å²) in [7, 11) is -4.08. The van der Waals surface area contributed by atoms with Crippen LogP contribution in [0.1, 0.15) is 0 Å².